The average molecular weight is 524 g/mol. The first kappa shape index (κ1) is 24.5. The minimum absolute atomic E-state index is 0.222. The van der Waals surface area contributed by atoms with E-state index in [1.54, 1.807) is 52.3 Å². The van der Waals surface area contributed by atoms with Crippen LogP contribution in [0.3, 0.4) is 0 Å². The first-order chi connectivity index (χ1) is 18.4. The van der Waals surface area contributed by atoms with E-state index < -0.39 is 11.9 Å². The zero-order valence-electron chi connectivity index (χ0n) is 19.8. The van der Waals surface area contributed by atoms with E-state index in [9.17, 15) is 9.59 Å². The van der Waals surface area contributed by atoms with Gasteiger partial charge < -0.3 is 21.3 Å². The molecular formula is C28H21N5O4S. The molecule has 5 N–H and O–H groups in total. The fourth-order valence-electron chi connectivity index (χ4n) is 3.77. The third-order valence-corrected chi connectivity index (χ3v) is 6.69. The van der Waals surface area contributed by atoms with E-state index in [2.05, 4.69) is 33.6 Å². The van der Waals surface area contributed by atoms with Gasteiger partial charge in [0.1, 0.15) is 5.69 Å². The molecule has 38 heavy (non-hydrogen) atoms. The summed E-state index contributed by atoms with van der Waals surface area (Å²) in [5.41, 5.74) is 8.57. The van der Waals surface area contributed by atoms with Crippen molar-refractivity contribution in [3.05, 3.63) is 108 Å². The van der Waals surface area contributed by atoms with Crippen molar-refractivity contribution in [3.8, 4) is 10.6 Å². The molecule has 3 heterocycles. The summed E-state index contributed by atoms with van der Waals surface area (Å²) in [7, 11) is 0. The molecule has 9 nitrogen and oxygen atoms in total. The van der Waals surface area contributed by atoms with Crippen LogP contribution in [0.1, 0.15) is 20.7 Å². The molecule has 10 heteroatoms. The molecule has 0 bridgehead atoms. The van der Waals surface area contributed by atoms with Gasteiger partial charge in [0, 0.05) is 16.1 Å². The number of anilines is 3. The number of nitrogens with two attached hydrogens (primary N) is 1. The van der Waals surface area contributed by atoms with Crippen LogP contribution < -0.4 is 11.1 Å². The van der Waals surface area contributed by atoms with Crippen LogP contribution in [-0.2, 0) is 0 Å². The number of nitrogens with zero attached hydrogens (tertiary/aromatic N) is 3. The maximum Gasteiger partial charge on any atom is 0.335 e. The summed E-state index contributed by atoms with van der Waals surface area (Å²) in [6, 6.07) is 26.9. The van der Waals surface area contributed by atoms with Crippen molar-refractivity contribution < 1.29 is 19.8 Å². The van der Waals surface area contributed by atoms with Crippen LogP contribution >= 0.6 is 11.3 Å². The number of hydrogen-bond acceptors (Lipinski definition) is 7. The van der Waals surface area contributed by atoms with Crippen molar-refractivity contribution in [1.82, 2.24) is 14.6 Å². The zero-order chi connectivity index (χ0) is 26.6. The van der Waals surface area contributed by atoms with Crippen LogP contribution in [-0.4, -0.2) is 36.7 Å². The number of carboxylic acid groups (broad SMARTS) is 2. The number of rotatable bonds is 5. The van der Waals surface area contributed by atoms with Gasteiger partial charge in [0.05, 0.1) is 22.2 Å². The topological polar surface area (TPSA) is 143 Å². The number of carboxylic acids is 2. The van der Waals surface area contributed by atoms with Crippen LogP contribution in [0.2, 0.25) is 0 Å². The van der Waals surface area contributed by atoms with E-state index in [-0.39, 0.29) is 11.1 Å². The highest BCUT2D eigenvalue weighted by molar-refractivity contribution is 7.22. The smallest absolute Gasteiger partial charge is 0.335 e. The number of benzene rings is 3. The molecule has 0 unspecified atom stereocenters. The minimum atomic E-state index is -0.964. The summed E-state index contributed by atoms with van der Waals surface area (Å²) in [5.74, 6) is -1.31. The number of hydrogen-bond donors (Lipinski definition) is 4. The quantitative estimate of drug-likeness (QED) is 0.201. The number of nitrogens with one attached hydrogen (secondary N) is 1. The number of imidazole rings is 1. The Balaban J connectivity index is 0.000000249. The van der Waals surface area contributed by atoms with E-state index in [0.717, 1.165) is 16.2 Å². The van der Waals surface area contributed by atoms with Crippen LogP contribution in [0.5, 0.6) is 0 Å². The van der Waals surface area contributed by atoms with Crippen LogP contribution in [0.15, 0.2) is 97.2 Å². The van der Waals surface area contributed by atoms with E-state index in [1.807, 2.05) is 30.5 Å². The third kappa shape index (κ3) is 5.30. The lowest BCUT2D eigenvalue weighted by molar-refractivity contribution is 0.0686. The first-order valence-electron chi connectivity index (χ1n) is 11.4. The normalized spacial score (nSPS) is 10.6. The Morgan fingerprint density at radius 3 is 2.29 bits per heavy atom. The lowest BCUT2D eigenvalue weighted by Crippen LogP contribution is -2.01. The molecule has 0 aliphatic rings. The monoisotopic (exact) mass is 523 g/mol. The predicted octanol–water partition coefficient (Wildman–Crippen LogP) is 6.02. The molecule has 188 valence electrons. The van der Waals surface area contributed by atoms with E-state index in [1.165, 1.54) is 22.2 Å². The Morgan fingerprint density at radius 2 is 1.58 bits per heavy atom. The minimum Gasteiger partial charge on any atom is -0.478 e. The largest absolute Gasteiger partial charge is 0.478 e. The average Bonchev–Trinajstić information content (AvgIpc) is 3.53. The lowest BCUT2D eigenvalue weighted by Gasteiger charge is -2.07. The van der Waals surface area contributed by atoms with E-state index in [4.69, 9.17) is 15.9 Å². The molecule has 3 aromatic heterocycles. The number of thiophene rings is 1. The third-order valence-electron chi connectivity index (χ3n) is 5.56. The van der Waals surface area contributed by atoms with Gasteiger partial charge in [-0.3, -0.25) is 0 Å². The molecule has 0 aliphatic heterocycles. The molecular weight excluding hydrogens is 502 g/mol. The molecule has 3 aromatic carbocycles. The maximum absolute atomic E-state index is 11.2. The van der Waals surface area contributed by atoms with Crippen LogP contribution in [0.25, 0.3) is 26.3 Å². The highest BCUT2D eigenvalue weighted by Gasteiger charge is 2.12. The summed E-state index contributed by atoms with van der Waals surface area (Å²) >= 11 is 1.70. The lowest BCUT2D eigenvalue weighted by atomic mass is 10.2. The maximum atomic E-state index is 11.2. The van der Waals surface area contributed by atoms with Crippen molar-refractivity contribution in [2.45, 2.75) is 0 Å². The molecule has 0 atom stereocenters. The second-order valence-electron chi connectivity index (χ2n) is 8.22. The van der Waals surface area contributed by atoms with Gasteiger partial charge in [0.25, 0.3) is 0 Å². The van der Waals surface area contributed by atoms with Crippen molar-refractivity contribution in [2.75, 3.05) is 11.1 Å². The Morgan fingerprint density at radius 1 is 0.842 bits per heavy atom. The molecule has 0 aliphatic carbocycles. The summed E-state index contributed by atoms with van der Waals surface area (Å²) in [6.07, 6.45) is 1.82. The number of fused-ring (bicyclic) bond motifs is 2. The van der Waals surface area contributed by atoms with Crippen molar-refractivity contribution in [1.29, 1.82) is 0 Å². The van der Waals surface area contributed by atoms with Gasteiger partial charge in [-0.05, 0) is 66.0 Å². The Hall–Kier alpha value is -5.22. The molecule has 0 amide bonds. The summed E-state index contributed by atoms with van der Waals surface area (Å²) in [6.45, 7) is 0. The van der Waals surface area contributed by atoms with Gasteiger partial charge in [-0.1, -0.05) is 30.3 Å². The molecule has 6 rings (SSSR count). The fraction of sp³-hybridized carbons (Fsp3) is 0. The Labute approximate surface area is 220 Å². The summed E-state index contributed by atoms with van der Waals surface area (Å²) in [4.78, 5) is 27.0. The number of aromatic nitrogens is 3. The van der Waals surface area contributed by atoms with Gasteiger partial charge in [0.2, 0.25) is 0 Å². The molecule has 0 fully saturated rings. The Bertz CT molecular complexity index is 1760. The van der Waals surface area contributed by atoms with Crippen molar-refractivity contribution in [2.24, 2.45) is 0 Å². The van der Waals surface area contributed by atoms with Gasteiger partial charge in [-0.2, -0.15) is 0 Å². The molecule has 0 radical (unpaired) electrons. The molecule has 0 saturated carbocycles. The number of aromatic carboxylic acids is 2. The van der Waals surface area contributed by atoms with Crippen molar-refractivity contribution >= 4 is 56.2 Å². The first-order valence-corrected chi connectivity index (χ1v) is 12.2. The predicted molar refractivity (Wildman–Crippen MR) is 148 cm³/mol. The SMILES string of the molecule is Nc1cccc(C(=O)O)c1.O=C(O)c1cccc(Nc2ccc3ncc(-c4cc5ccccc5s4)n3n2)c1. The van der Waals surface area contributed by atoms with Crippen LogP contribution in [0, 0.1) is 0 Å². The van der Waals surface area contributed by atoms with Gasteiger partial charge >= 0.3 is 11.9 Å². The molecule has 0 saturated heterocycles. The highest BCUT2D eigenvalue weighted by Crippen LogP contribution is 2.33. The van der Waals surface area contributed by atoms with Gasteiger partial charge in [0.15, 0.2) is 11.5 Å². The highest BCUT2D eigenvalue weighted by atomic mass is 32.1. The van der Waals surface area contributed by atoms with E-state index in [0.29, 0.717) is 17.2 Å². The standard InChI is InChI=1S/C21H14N4O2S.C7H7NO2/c26-21(27)14-5-3-6-15(10-14)23-19-8-9-20-22-12-16(25(20)24-19)18-11-13-4-1-2-7-17(13)28-18;8-6-3-1-2-5(4-6)7(9)10/h1-12H,(H,23,24)(H,26,27);1-4H,8H2,(H,9,10). The van der Waals surface area contributed by atoms with Crippen molar-refractivity contribution in [3.63, 3.8) is 0 Å². The fourth-order valence-corrected chi connectivity index (χ4v) is 4.82. The summed E-state index contributed by atoms with van der Waals surface area (Å²) < 4.78 is 3.01. The Kier molecular flexibility index (Phi) is 6.70. The molecule has 0 spiro atoms. The summed E-state index contributed by atoms with van der Waals surface area (Å²) in [5, 5.41) is 26.6. The van der Waals surface area contributed by atoms with Gasteiger partial charge in [-0.15, -0.1) is 16.4 Å². The second kappa shape index (κ2) is 10.4. The van der Waals surface area contributed by atoms with E-state index >= 15 is 0 Å². The molecule has 6 aromatic rings. The number of carbonyl (C=O) groups is 2. The second-order valence-corrected chi connectivity index (χ2v) is 9.31. The van der Waals surface area contributed by atoms with Gasteiger partial charge in [-0.25, -0.2) is 19.1 Å². The zero-order valence-corrected chi connectivity index (χ0v) is 20.6. The number of nitrogen functional groups attached to an aromatic ring is 1. The van der Waals surface area contributed by atoms with Crippen LogP contribution in [0.4, 0.5) is 17.2 Å².